The molecule has 0 amide bonds. The van der Waals surface area contributed by atoms with Crippen molar-refractivity contribution in [3.63, 3.8) is 0 Å². The first-order valence-electron chi connectivity index (χ1n) is 7.87. The van der Waals surface area contributed by atoms with E-state index in [0.29, 0.717) is 39.1 Å². The number of rotatable bonds is 7. The summed E-state index contributed by atoms with van der Waals surface area (Å²) in [4.78, 5) is 0. The molecule has 0 saturated carbocycles. The summed E-state index contributed by atoms with van der Waals surface area (Å²) in [6, 6.07) is 8.74. The fourth-order valence-electron chi connectivity index (χ4n) is 2.33. The molecule has 1 heterocycles. The van der Waals surface area contributed by atoms with E-state index in [1.807, 2.05) is 6.07 Å². The molecule has 0 saturated heterocycles. The van der Waals surface area contributed by atoms with E-state index >= 15 is 0 Å². The zero-order valence-electron chi connectivity index (χ0n) is 14.5. The smallest absolute Gasteiger partial charge is 0.242 e. The minimum atomic E-state index is 0.255. The highest BCUT2D eigenvalue weighted by Gasteiger charge is 2.13. The quantitative estimate of drug-likeness (QED) is 0.602. The van der Waals surface area contributed by atoms with E-state index in [1.165, 1.54) is 4.68 Å². The van der Waals surface area contributed by atoms with E-state index in [0.717, 1.165) is 11.1 Å². The normalized spacial score (nSPS) is 10.7. The molecule has 3 rings (SSSR count). The topological polar surface area (TPSA) is 74.1 Å². The second-order valence-electron chi connectivity index (χ2n) is 5.60. The van der Waals surface area contributed by atoms with Gasteiger partial charge in [0.25, 0.3) is 0 Å². The summed E-state index contributed by atoms with van der Waals surface area (Å²) in [5, 5.41) is 15.9. The molecule has 142 valence electrons. The molecule has 0 atom stereocenters. The van der Waals surface area contributed by atoms with Crippen molar-refractivity contribution in [3.8, 4) is 11.5 Å². The second kappa shape index (κ2) is 8.65. The second-order valence-corrected chi connectivity index (χ2v) is 6.85. The van der Waals surface area contributed by atoms with Crippen LogP contribution in [0.25, 0.3) is 0 Å². The molecular formula is C17H16Cl3N5O2. The minimum Gasteiger partial charge on any atom is -0.493 e. The Morgan fingerprint density at radius 2 is 1.81 bits per heavy atom. The van der Waals surface area contributed by atoms with Crippen LogP contribution in [0.15, 0.2) is 30.3 Å². The number of nitrogens with one attached hydrogen (secondary N) is 1. The van der Waals surface area contributed by atoms with Gasteiger partial charge in [0.2, 0.25) is 5.95 Å². The Balaban J connectivity index is 1.74. The number of hydrogen-bond acceptors (Lipinski definition) is 6. The van der Waals surface area contributed by atoms with Crippen LogP contribution in [0.4, 0.5) is 5.95 Å². The molecule has 1 aromatic heterocycles. The van der Waals surface area contributed by atoms with Crippen LogP contribution in [0.1, 0.15) is 11.1 Å². The van der Waals surface area contributed by atoms with Gasteiger partial charge in [-0.05, 0) is 34.2 Å². The molecule has 27 heavy (non-hydrogen) atoms. The predicted molar refractivity (Wildman–Crippen MR) is 105 cm³/mol. The third kappa shape index (κ3) is 4.74. The van der Waals surface area contributed by atoms with Gasteiger partial charge in [-0.2, -0.15) is 0 Å². The first-order valence-corrected chi connectivity index (χ1v) is 9.00. The lowest BCUT2D eigenvalue weighted by atomic mass is 10.2. The van der Waals surface area contributed by atoms with Gasteiger partial charge in [0.05, 0.1) is 7.11 Å². The van der Waals surface area contributed by atoms with Gasteiger partial charge in [0.1, 0.15) is 6.61 Å². The van der Waals surface area contributed by atoms with Crippen molar-refractivity contribution in [1.82, 2.24) is 20.2 Å². The molecule has 7 nitrogen and oxygen atoms in total. The minimum absolute atomic E-state index is 0.255. The van der Waals surface area contributed by atoms with Crippen molar-refractivity contribution < 1.29 is 9.47 Å². The molecule has 0 radical (unpaired) electrons. The van der Waals surface area contributed by atoms with Gasteiger partial charge in [-0.1, -0.05) is 46.0 Å². The Hall–Kier alpha value is -2.22. The van der Waals surface area contributed by atoms with E-state index in [-0.39, 0.29) is 6.61 Å². The van der Waals surface area contributed by atoms with Crippen LogP contribution in [0, 0.1) is 0 Å². The lowest BCUT2D eigenvalue weighted by molar-refractivity contribution is 0.284. The fourth-order valence-corrected chi connectivity index (χ4v) is 3.02. The van der Waals surface area contributed by atoms with E-state index < -0.39 is 0 Å². The number of halogens is 3. The van der Waals surface area contributed by atoms with Gasteiger partial charge in [0.15, 0.2) is 11.5 Å². The highest BCUT2D eigenvalue weighted by Crippen LogP contribution is 2.34. The summed E-state index contributed by atoms with van der Waals surface area (Å²) < 4.78 is 12.8. The molecule has 0 aliphatic heterocycles. The summed E-state index contributed by atoms with van der Waals surface area (Å²) in [5.41, 5.74) is 1.62. The summed E-state index contributed by atoms with van der Waals surface area (Å²) in [7, 11) is 3.30. The predicted octanol–water partition coefficient (Wildman–Crippen LogP) is 4.37. The monoisotopic (exact) mass is 427 g/mol. The van der Waals surface area contributed by atoms with Crippen molar-refractivity contribution in [2.45, 2.75) is 13.2 Å². The molecular weight excluding hydrogens is 413 g/mol. The van der Waals surface area contributed by atoms with E-state index in [2.05, 4.69) is 20.8 Å². The zero-order valence-corrected chi connectivity index (χ0v) is 16.8. The first-order chi connectivity index (χ1) is 13.0. The summed E-state index contributed by atoms with van der Waals surface area (Å²) >= 11 is 18.5. The van der Waals surface area contributed by atoms with Gasteiger partial charge in [-0.25, -0.2) is 4.68 Å². The van der Waals surface area contributed by atoms with Crippen molar-refractivity contribution in [2.75, 3.05) is 12.4 Å². The van der Waals surface area contributed by atoms with Gasteiger partial charge < -0.3 is 14.8 Å². The Morgan fingerprint density at radius 3 is 2.48 bits per heavy atom. The number of aryl methyl sites for hydroxylation is 1. The number of benzene rings is 2. The standard InChI is InChI=1S/C17H16Cl3N5O2/c1-25-17(22-23-24-25)21-8-11-5-15(26-2)16(7-14(11)20)27-9-10-3-4-12(18)6-13(10)19/h3-7H,8-9H2,1-2H3,(H,21,22,24). The number of anilines is 1. The van der Waals surface area contributed by atoms with Crippen molar-refractivity contribution in [1.29, 1.82) is 0 Å². The van der Waals surface area contributed by atoms with Crippen molar-refractivity contribution in [2.24, 2.45) is 7.05 Å². The average Bonchev–Trinajstić information content (AvgIpc) is 3.05. The van der Waals surface area contributed by atoms with Crippen molar-refractivity contribution in [3.05, 3.63) is 56.5 Å². The molecule has 2 aromatic carbocycles. The molecule has 0 bridgehead atoms. The third-order valence-corrected chi connectivity index (χ3v) is 4.73. The number of hydrogen-bond donors (Lipinski definition) is 1. The van der Waals surface area contributed by atoms with Gasteiger partial charge in [0, 0.05) is 40.3 Å². The molecule has 10 heteroatoms. The van der Waals surface area contributed by atoms with Crippen LogP contribution in [0.3, 0.4) is 0 Å². The number of tetrazole rings is 1. The van der Waals surface area contributed by atoms with E-state index in [4.69, 9.17) is 44.3 Å². The van der Waals surface area contributed by atoms with Crippen LogP contribution in [-0.2, 0) is 20.2 Å². The zero-order chi connectivity index (χ0) is 19.4. The SMILES string of the molecule is COc1cc(CNc2nnnn2C)c(Cl)cc1OCc1ccc(Cl)cc1Cl. The third-order valence-electron chi connectivity index (χ3n) is 3.79. The Kier molecular flexibility index (Phi) is 6.26. The van der Waals surface area contributed by atoms with Crippen LogP contribution in [0.5, 0.6) is 11.5 Å². The molecule has 3 aromatic rings. The lowest BCUT2D eigenvalue weighted by Gasteiger charge is -2.15. The number of ether oxygens (including phenoxy) is 2. The van der Waals surface area contributed by atoms with Gasteiger partial charge in [-0.15, -0.1) is 0 Å². The summed E-state index contributed by atoms with van der Waals surface area (Å²) in [6.45, 7) is 0.678. The van der Waals surface area contributed by atoms with Crippen LogP contribution in [-0.4, -0.2) is 27.3 Å². The molecule has 1 N–H and O–H groups in total. The maximum Gasteiger partial charge on any atom is 0.242 e. The Morgan fingerprint density at radius 1 is 1.04 bits per heavy atom. The number of methoxy groups -OCH3 is 1. The Labute approximate surface area is 171 Å². The maximum atomic E-state index is 6.39. The highest BCUT2D eigenvalue weighted by molar-refractivity contribution is 6.35. The van der Waals surface area contributed by atoms with Gasteiger partial charge >= 0.3 is 0 Å². The molecule has 0 aliphatic carbocycles. The first kappa shape index (κ1) is 19.5. The van der Waals surface area contributed by atoms with Crippen LogP contribution < -0.4 is 14.8 Å². The number of nitrogens with zero attached hydrogens (tertiary/aromatic N) is 4. The van der Waals surface area contributed by atoms with Crippen LogP contribution in [0.2, 0.25) is 15.1 Å². The largest absolute Gasteiger partial charge is 0.493 e. The number of aromatic nitrogens is 4. The molecule has 0 aliphatic rings. The van der Waals surface area contributed by atoms with Crippen LogP contribution >= 0.6 is 34.8 Å². The molecule has 0 fully saturated rings. The summed E-state index contributed by atoms with van der Waals surface area (Å²) in [6.07, 6.45) is 0. The lowest BCUT2D eigenvalue weighted by Crippen LogP contribution is -2.07. The van der Waals surface area contributed by atoms with E-state index in [9.17, 15) is 0 Å². The van der Waals surface area contributed by atoms with E-state index in [1.54, 1.807) is 38.4 Å². The summed E-state index contributed by atoms with van der Waals surface area (Å²) in [5.74, 6) is 1.60. The average molecular weight is 429 g/mol. The molecule has 0 unspecified atom stereocenters. The molecule has 0 spiro atoms. The highest BCUT2D eigenvalue weighted by atomic mass is 35.5. The van der Waals surface area contributed by atoms with Crippen molar-refractivity contribution >= 4 is 40.8 Å². The maximum absolute atomic E-state index is 6.39. The fraction of sp³-hybridized carbons (Fsp3) is 0.235. The Bertz CT molecular complexity index is 948. The van der Waals surface area contributed by atoms with Gasteiger partial charge in [-0.3, -0.25) is 0 Å².